The number of fused-ring (bicyclic) bond motifs is 1. The van der Waals surface area contributed by atoms with Gasteiger partial charge < -0.3 is 4.74 Å². The summed E-state index contributed by atoms with van der Waals surface area (Å²) in [4.78, 5) is 36.4. The third-order valence-corrected chi connectivity index (χ3v) is 3.03. The molecule has 1 heterocycles. The number of rotatable bonds is 3. The normalized spacial score (nSPS) is 15.2. The number of carbonyl (C=O) groups is 3. The van der Waals surface area contributed by atoms with Gasteiger partial charge in [-0.3, -0.25) is 24.7 Å². The molecule has 1 aromatic rings. The first kappa shape index (κ1) is 13.0. The number of ether oxygens (including phenoxy) is 1. The second kappa shape index (κ2) is 4.69. The molecule has 3 N–H and O–H groups in total. The zero-order chi connectivity index (χ0) is 14.2. The summed E-state index contributed by atoms with van der Waals surface area (Å²) < 4.78 is 5.05. The van der Waals surface area contributed by atoms with Gasteiger partial charge in [-0.2, -0.15) is 0 Å². The summed E-state index contributed by atoms with van der Waals surface area (Å²) in [6, 6.07) is 3.75. The highest BCUT2D eigenvalue weighted by atomic mass is 16.5. The first-order valence-corrected chi connectivity index (χ1v) is 5.57. The molecule has 0 aliphatic carbocycles. The molecular weight excluding hydrogens is 250 g/mol. The lowest BCUT2D eigenvalue weighted by molar-refractivity contribution is -0.124. The first-order valence-electron chi connectivity index (χ1n) is 5.57. The van der Waals surface area contributed by atoms with Gasteiger partial charge in [0.2, 0.25) is 0 Å². The average molecular weight is 263 g/mol. The number of nitrogens with one attached hydrogen (secondary N) is 1. The lowest BCUT2D eigenvalue weighted by Gasteiger charge is -2.23. The van der Waals surface area contributed by atoms with Crippen LogP contribution in [0.5, 0.6) is 5.75 Å². The molecule has 100 valence electrons. The van der Waals surface area contributed by atoms with Crippen LogP contribution >= 0.6 is 0 Å². The molecule has 7 nitrogen and oxygen atoms in total. The molecule has 2 amide bonds. The van der Waals surface area contributed by atoms with Gasteiger partial charge in [-0.25, -0.2) is 5.84 Å². The second-order valence-corrected chi connectivity index (χ2v) is 4.07. The molecule has 0 bridgehead atoms. The lowest BCUT2D eigenvalue weighted by Crippen LogP contribution is -2.49. The summed E-state index contributed by atoms with van der Waals surface area (Å²) in [7, 11) is 1.47. The van der Waals surface area contributed by atoms with E-state index in [4.69, 9.17) is 10.6 Å². The Hall–Kier alpha value is -2.41. The molecule has 7 heteroatoms. The molecule has 19 heavy (non-hydrogen) atoms. The van der Waals surface area contributed by atoms with E-state index in [1.807, 2.05) is 5.43 Å². The van der Waals surface area contributed by atoms with E-state index in [0.717, 1.165) is 4.90 Å². The summed E-state index contributed by atoms with van der Waals surface area (Å²) in [5.74, 6) is 3.59. The van der Waals surface area contributed by atoms with E-state index in [2.05, 4.69) is 0 Å². The molecule has 0 radical (unpaired) electrons. The maximum absolute atomic E-state index is 11.9. The van der Waals surface area contributed by atoms with E-state index in [1.54, 1.807) is 12.1 Å². The minimum atomic E-state index is -0.880. The Kier molecular flexibility index (Phi) is 3.22. The van der Waals surface area contributed by atoms with E-state index >= 15 is 0 Å². The Morgan fingerprint density at radius 3 is 2.68 bits per heavy atom. The Labute approximate surface area is 109 Å². The smallest absolute Gasteiger partial charge is 0.300 e. The van der Waals surface area contributed by atoms with Crippen LogP contribution in [0, 0.1) is 0 Å². The van der Waals surface area contributed by atoms with Gasteiger partial charge in [0.25, 0.3) is 17.6 Å². The van der Waals surface area contributed by atoms with E-state index in [9.17, 15) is 14.4 Å². The van der Waals surface area contributed by atoms with Crippen molar-refractivity contribution in [3.8, 4) is 5.75 Å². The lowest BCUT2D eigenvalue weighted by atomic mass is 10.1. The molecule has 0 saturated heterocycles. The number of methoxy groups -OCH3 is 1. The second-order valence-electron chi connectivity index (χ2n) is 4.07. The zero-order valence-electron chi connectivity index (χ0n) is 10.5. The molecule has 0 fully saturated rings. The summed E-state index contributed by atoms with van der Waals surface area (Å²) in [6.07, 6.45) is 0. The molecule has 1 aliphatic heterocycles. The predicted octanol–water partition coefficient (Wildman–Crippen LogP) is -0.397. The molecule has 2 rings (SSSR count). The number of anilines is 1. The van der Waals surface area contributed by atoms with Crippen molar-refractivity contribution in [2.45, 2.75) is 13.0 Å². The molecule has 1 aliphatic rings. The fourth-order valence-corrected chi connectivity index (χ4v) is 1.99. The molecule has 0 aromatic heterocycles. The van der Waals surface area contributed by atoms with Gasteiger partial charge in [-0.1, -0.05) is 0 Å². The number of hydrogen-bond donors (Lipinski definition) is 2. The van der Waals surface area contributed by atoms with Crippen LogP contribution in [0.2, 0.25) is 0 Å². The van der Waals surface area contributed by atoms with Gasteiger partial charge in [-0.15, -0.1) is 0 Å². The highest BCUT2D eigenvalue weighted by Gasteiger charge is 2.40. The van der Waals surface area contributed by atoms with E-state index in [0.29, 0.717) is 11.4 Å². The van der Waals surface area contributed by atoms with Crippen molar-refractivity contribution in [2.24, 2.45) is 5.84 Å². The molecule has 1 aromatic carbocycles. The SMILES string of the molecule is COc1ccc2c(c1)N(C(C)C(=O)NN)C(=O)C2=O. The summed E-state index contributed by atoms with van der Waals surface area (Å²) >= 11 is 0. The average Bonchev–Trinajstić information content (AvgIpc) is 2.68. The van der Waals surface area contributed by atoms with E-state index in [-0.39, 0.29) is 5.56 Å². The number of hydrogen-bond acceptors (Lipinski definition) is 5. The Bertz CT molecular complexity index is 570. The van der Waals surface area contributed by atoms with E-state index in [1.165, 1.54) is 20.1 Å². The van der Waals surface area contributed by atoms with Crippen molar-refractivity contribution in [3.05, 3.63) is 23.8 Å². The topological polar surface area (TPSA) is 102 Å². The maximum atomic E-state index is 11.9. The number of Topliss-reactive ketones (excluding diaryl/α,β-unsaturated/α-hetero) is 1. The number of amides is 2. The van der Waals surface area contributed by atoms with Crippen molar-refractivity contribution in [3.63, 3.8) is 0 Å². The van der Waals surface area contributed by atoms with Crippen molar-refractivity contribution in [1.82, 2.24) is 5.43 Å². The van der Waals surface area contributed by atoms with Gasteiger partial charge in [0.15, 0.2) is 0 Å². The minimum Gasteiger partial charge on any atom is -0.497 e. The van der Waals surface area contributed by atoms with Crippen LogP contribution in [0.1, 0.15) is 17.3 Å². The number of ketones is 1. The summed E-state index contributed by atoms with van der Waals surface area (Å²) in [5.41, 5.74) is 2.57. The predicted molar refractivity (Wildman–Crippen MR) is 66.6 cm³/mol. The van der Waals surface area contributed by atoms with E-state index < -0.39 is 23.6 Å². The van der Waals surface area contributed by atoms with Crippen LogP contribution in [-0.2, 0) is 9.59 Å². The highest BCUT2D eigenvalue weighted by Crippen LogP contribution is 2.33. The van der Waals surface area contributed by atoms with Gasteiger partial charge in [-0.05, 0) is 19.1 Å². The zero-order valence-corrected chi connectivity index (χ0v) is 10.5. The Morgan fingerprint density at radius 1 is 1.42 bits per heavy atom. The van der Waals surface area contributed by atoms with Crippen LogP contribution in [-0.4, -0.2) is 30.7 Å². The van der Waals surface area contributed by atoms with Crippen LogP contribution < -0.4 is 20.9 Å². The van der Waals surface area contributed by atoms with Gasteiger partial charge in [0.05, 0.1) is 18.4 Å². The number of nitrogens with zero attached hydrogens (tertiary/aromatic N) is 1. The number of benzene rings is 1. The van der Waals surface area contributed by atoms with Gasteiger partial charge in [0, 0.05) is 6.07 Å². The Balaban J connectivity index is 2.50. The van der Waals surface area contributed by atoms with Gasteiger partial charge >= 0.3 is 0 Å². The minimum absolute atomic E-state index is 0.252. The maximum Gasteiger partial charge on any atom is 0.300 e. The highest BCUT2D eigenvalue weighted by molar-refractivity contribution is 6.52. The number of hydrazine groups is 1. The Morgan fingerprint density at radius 2 is 2.11 bits per heavy atom. The first-order chi connectivity index (χ1) is 9.01. The van der Waals surface area contributed by atoms with Crippen LogP contribution in [0.25, 0.3) is 0 Å². The van der Waals surface area contributed by atoms with Crippen LogP contribution in [0.3, 0.4) is 0 Å². The third-order valence-electron chi connectivity index (χ3n) is 3.03. The summed E-state index contributed by atoms with van der Waals surface area (Å²) in [6.45, 7) is 1.49. The van der Waals surface area contributed by atoms with Crippen molar-refractivity contribution in [1.29, 1.82) is 0 Å². The largest absolute Gasteiger partial charge is 0.497 e. The molecule has 1 unspecified atom stereocenters. The number of carbonyl (C=O) groups excluding carboxylic acids is 3. The van der Waals surface area contributed by atoms with Crippen LogP contribution in [0.15, 0.2) is 18.2 Å². The fourth-order valence-electron chi connectivity index (χ4n) is 1.99. The third kappa shape index (κ3) is 1.93. The van der Waals surface area contributed by atoms with Crippen molar-refractivity contribution >= 4 is 23.3 Å². The standard InChI is InChI=1S/C12H13N3O4/c1-6(11(17)14-13)15-9-5-7(19-2)3-4-8(9)10(16)12(15)18/h3-6H,13H2,1-2H3,(H,14,17). The van der Waals surface area contributed by atoms with Crippen LogP contribution in [0.4, 0.5) is 5.69 Å². The quantitative estimate of drug-likeness (QED) is 0.334. The molecule has 0 spiro atoms. The monoisotopic (exact) mass is 263 g/mol. The van der Waals surface area contributed by atoms with Gasteiger partial charge in [0.1, 0.15) is 11.8 Å². The summed E-state index contributed by atoms with van der Waals surface area (Å²) in [5, 5.41) is 0. The van der Waals surface area contributed by atoms with Crippen molar-refractivity contribution in [2.75, 3.05) is 12.0 Å². The molecule has 1 atom stereocenters. The molecular formula is C12H13N3O4. The van der Waals surface area contributed by atoms with Crippen molar-refractivity contribution < 1.29 is 19.1 Å². The molecule has 0 saturated carbocycles. The number of nitrogens with two attached hydrogens (primary N) is 1. The fraction of sp³-hybridized carbons (Fsp3) is 0.250.